The number of benzene rings is 1. The van der Waals surface area contributed by atoms with E-state index < -0.39 is 0 Å². The van der Waals surface area contributed by atoms with Crippen molar-refractivity contribution in [2.45, 2.75) is 12.8 Å². The molecule has 3 N–H and O–H groups in total. The molecule has 1 atom stereocenters. The highest BCUT2D eigenvalue weighted by Crippen LogP contribution is 2.21. The number of hydrogen-bond donors (Lipinski definition) is 2. The van der Waals surface area contributed by atoms with Crippen LogP contribution in [-0.2, 0) is 4.79 Å². The molecule has 0 bridgehead atoms. The third-order valence-electron chi connectivity index (χ3n) is 3.13. The first kappa shape index (κ1) is 16.6. The fraction of sp³-hybridized carbons (Fsp3) is 0.385. The Bertz CT molecular complexity index is 479. The van der Waals surface area contributed by atoms with E-state index in [0.29, 0.717) is 17.3 Å². The van der Waals surface area contributed by atoms with Gasteiger partial charge in [0.25, 0.3) is 0 Å². The number of halogens is 2. The number of piperidine rings is 1. The van der Waals surface area contributed by atoms with Crippen LogP contribution >= 0.6 is 24.0 Å². The molecule has 1 aliphatic heterocycles. The molecule has 20 heavy (non-hydrogen) atoms. The largest absolute Gasteiger partial charge is 0.426 e. The van der Waals surface area contributed by atoms with E-state index >= 15 is 0 Å². The first-order valence-corrected chi connectivity index (χ1v) is 6.50. The van der Waals surface area contributed by atoms with Gasteiger partial charge in [0.2, 0.25) is 0 Å². The summed E-state index contributed by atoms with van der Waals surface area (Å²) in [5, 5.41) is 8.00. The number of rotatable bonds is 2. The number of carbonyl (C=O) groups excluding carboxylic acids is 1. The minimum Gasteiger partial charge on any atom is -0.426 e. The van der Waals surface area contributed by atoms with E-state index in [1.165, 1.54) is 0 Å². The average Bonchev–Trinajstić information content (AvgIpc) is 2.41. The molecule has 1 aromatic carbocycles. The summed E-state index contributed by atoms with van der Waals surface area (Å²) in [4.78, 5) is 13.7. The zero-order valence-corrected chi connectivity index (χ0v) is 12.4. The fourth-order valence-electron chi connectivity index (χ4n) is 2.09. The van der Waals surface area contributed by atoms with Gasteiger partial charge in [0.1, 0.15) is 5.75 Å². The summed E-state index contributed by atoms with van der Waals surface area (Å²) in [7, 11) is 0. The number of nitrogens with zero attached hydrogens (tertiary/aromatic N) is 1. The minimum atomic E-state index is -0.284. The SMILES string of the molecule is Cl.N=C(N)N1CCCC(C(=O)Oc2ccc(Cl)cc2)C1. The van der Waals surface area contributed by atoms with E-state index in [1.54, 1.807) is 29.2 Å². The number of likely N-dealkylation sites (tertiary alicyclic amines) is 1. The van der Waals surface area contributed by atoms with Crippen molar-refractivity contribution in [3.63, 3.8) is 0 Å². The molecule has 1 saturated heterocycles. The average molecular weight is 318 g/mol. The first-order valence-electron chi connectivity index (χ1n) is 6.12. The van der Waals surface area contributed by atoms with Crippen LogP contribution < -0.4 is 10.5 Å². The van der Waals surface area contributed by atoms with Gasteiger partial charge in [0.15, 0.2) is 5.96 Å². The Morgan fingerprint density at radius 3 is 2.65 bits per heavy atom. The van der Waals surface area contributed by atoms with Gasteiger partial charge in [0.05, 0.1) is 5.92 Å². The molecule has 0 aliphatic carbocycles. The Morgan fingerprint density at radius 1 is 1.40 bits per heavy atom. The van der Waals surface area contributed by atoms with Gasteiger partial charge < -0.3 is 15.4 Å². The second-order valence-corrected chi connectivity index (χ2v) is 4.98. The summed E-state index contributed by atoms with van der Waals surface area (Å²) in [5.74, 6) is -0.0417. The topological polar surface area (TPSA) is 79.4 Å². The molecular formula is C13H17Cl2N3O2. The number of esters is 1. The highest BCUT2D eigenvalue weighted by atomic mass is 35.5. The Morgan fingerprint density at radius 2 is 2.05 bits per heavy atom. The Labute approximate surface area is 128 Å². The summed E-state index contributed by atoms with van der Waals surface area (Å²) in [6.45, 7) is 1.17. The van der Waals surface area contributed by atoms with Crippen molar-refractivity contribution in [1.29, 1.82) is 5.41 Å². The molecule has 0 aromatic heterocycles. The van der Waals surface area contributed by atoms with Crippen LogP contribution in [0.15, 0.2) is 24.3 Å². The van der Waals surface area contributed by atoms with Crippen LogP contribution in [0, 0.1) is 11.3 Å². The molecule has 7 heteroatoms. The lowest BCUT2D eigenvalue weighted by Gasteiger charge is -2.31. The maximum absolute atomic E-state index is 12.0. The van der Waals surface area contributed by atoms with Crippen LogP contribution in [0.5, 0.6) is 5.75 Å². The van der Waals surface area contributed by atoms with Gasteiger partial charge in [-0.25, -0.2) is 0 Å². The van der Waals surface area contributed by atoms with Crippen LogP contribution in [0.3, 0.4) is 0 Å². The monoisotopic (exact) mass is 317 g/mol. The Balaban J connectivity index is 0.00000200. The van der Waals surface area contributed by atoms with Crippen molar-refractivity contribution >= 4 is 35.9 Å². The van der Waals surface area contributed by atoms with Crippen LogP contribution in [-0.4, -0.2) is 29.9 Å². The van der Waals surface area contributed by atoms with Gasteiger partial charge in [-0.3, -0.25) is 10.2 Å². The van der Waals surface area contributed by atoms with Crippen LogP contribution in [0.2, 0.25) is 5.02 Å². The maximum Gasteiger partial charge on any atom is 0.316 e. The predicted octanol–water partition coefficient (Wildman–Crippen LogP) is 2.27. The molecule has 110 valence electrons. The van der Waals surface area contributed by atoms with Crippen molar-refractivity contribution in [2.24, 2.45) is 11.7 Å². The van der Waals surface area contributed by atoms with Crippen LogP contribution in [0.1, 0.15) is 12.8 Å². The molecule has 0 spiro atoms. The lowest BCUT2D eigenvalue weighted by atomic mass is 9.98. The fourth-order valence-corrected chi connectivity index (χ4v) is 2.22. The second-order valence-electron chi connectivity index (χ2n) is 4.55. The Hall–Kier alpha value is -1.46. The van der Waals surface area contributed by atoms with Gasteiger partial charge in [-0.05, 0) is 37.1 Å². The zero-order chi connectivity index (χ0) is 13.8. The smallest absolute Gasteiger partial charge is 0.316 e. The molecule has 1 fully saturated rings. The summed E-state index contributed by atoms with van der Waals surface area (Å²) in [6.07, 6.45) is 1.59. The molecule has 1 unspecified atom stereocenters. The number of carbonyl (C=O) groups is 1. The summed E-state index contributed by atoms with van der Waals surface area (Å²) in [5.41, 5.74) is 5.44. The second kappa shape index (κ2) is 7.36. The molecule has 1 heterocycles. The van der Waals surface area contributed by atoms with Crippen molar-refractivity contribution in [2.75, 3.05) is 13.1 Å². The van der Waals surface area contributed by atoms with E-state index in [1.807, 2.05) is 0 Å². The number of hydrogen-bond acceptors (Lipinski definition) is 3. The summed E-state index contributed by atoms with van der Waals surface area (Å²) < 4.78 is 5.30. The first-order chi connectivity index (χ1) is 9.06. The molecule has 2 rings (SSSR count). The molecule has 1 aromatic rings. The van der Waals surface area contributed by atoms with E-state index in [4.69, 9.17) is 27.5 Å². The maximum atomic E-state index is 12.0. The highest BCUT2D eigenvalue weighted by Gasteiger charge is 2.27. The number of nitrogens with one attached hydrogen (secondary N) is 1. The predicted molar refractivity (Wildman–Crippen MR) is 80.5 cm³/mol. The van der Waals surface area contributed by atoms with Gasteiger partial charge in [-0.15, -0.1) is 12.4 Å². The number of ether oxygens (including phenoxy) is 1. The summed E-state index contributed by atoms with van der Waals surface area (Å²) in [6, 6.07) is 6.66. The number of guanidine groups is 1. The van der Waals surface area contributed by atoms with E-state index in [9.17, 15) is 4.79 Å². The van der Waals surface area contributed by atoms with Crippen molar-refractivity contribution in [3.05, 3.63) is 29.3 Å². The van der Waals surface area contributed by atoms with Gasteiger partial charge >= 0.3 is 5.97 Å². The van der Waals surface area contributed by atoms with Gasteiger partial charge in [-0.1, -0.05) is 11.6 Å². The number of nitrogens with two attached hydrogens (primary N) is 1. The molecule has 0 saturated carbocycles. The van der Waals surface area contributed by atoms with E-state index in [-0.39, 0.29) is 30.3 Å². The quantitative estimate of drug-likeness (QED) is 0.379. The van der Waals surface area contributed by atoms with Crippen molar-refractivity contribution < 1.29 is 9.53 Å². The zero-order valence-electron chi connectivity index (χ0n) is 10.8. The molecule has 0 radical (unpaired) electrons. The minimum absolute atomic E-state index is 0. The highest BCUT2D eigenvalue weighted by molar-refractivity contribution is 6.30. The molecule has 1 aliphatic rings. The third kappa shape index (κ3) is 4.28. The molecular weight excluding hydrogens is 301 g/mol. The molecule has 5 nitrogen and oxygen atoms in total. The van der Waals surface area contributed by atoms with Crippen molar-refractivity contribution in [1.82, 2.24) is 4.90 Å². The van der Waals surface area contributed by atoms with Crippen LogP contribution in [0.4, 0.5) is 0 Å². The van der Waals surface area contributed by atoms with Crippen molar-refractivity contribution in [3.8, 4) is 5.75 Å². The van der Waals surface area contributed by atoms with Gasteiger partial charge in [0, 0.05) is 18.1 Å². The lowest BCUT2D eigenvalue weighted by Crippen LogP contribution is -2.46. The van der Waals surface area contributed by atoms with Crippen LogP contribution in [0.25, 0.3) is 0 Å². The summed E-state index contributed by atoms with van der Waals surface area (Å²) >= 11 is 5.77. The Kier molecular flexibility index (Phi) is 6.10. The third-order valence-corrected chi connectivity index (χ3v) is 3.38. The van der Waals surface area contributed by atoms with Gasteiger partial charge in [-0.2, -0.15) is 0 Å². The molecule has 0 amide bonds. The standard InChI is InChI=1S/C13H16ClN3O2.ClH/c14-10-3-5-11(6-4-10)19-12(18)9-2-1-7-17(8-9)13(15)16;/h3-6,9H,1-2,7-8H2,(H3,15,16);1H. The van der Waals surface area contributed by atoms with E-state index in [2.05, 4.69) is 0 Å². The lowest BCUT2D eigenvalue weighted by molar-refractivity contribution is -0.140. The van der Waals surface area contributed by atoms with E-state index in [0.717, 1.165) is 19.4 Å². The normalized spacial score (nSPS) is 18.1.